The van der Waals surface area contributed by atoms with Gasteiger partial charge < -0.3 is 4.84 Å². The van der Waals surface area contributed by atoms with Crippen molar-refractivity contribution in [3.63, 3.8) is 0 Å². The van der Waals surface area contributed by atoms with Crippen molar-refractivity contribution >= 4 is 34.4 Å². The first-order valence-electron chi connectivity index (χ1n) is 3.33. The quantitative estimate of drug-likeness (QED) is 0.534. The van der Waals surface area contributed by atoms with Gasteiger partial charge in [-0.05, 0) is 23.2 Å². The molecule has 0 amide bonds. The van der Waals surface area contributed by atoms with Crippen molar-refractivity contribution in [1.29, 1.82) is 0 Å². The van der Waals surface area contributed by atoms with Crippen molar-refractivity contribution in [3.05, 3.63) is 16.8 Å². The molecule has 0 aliphatic carbocycles. The molecule has 13 heavy (non-hydrogen) atoms. The van der Waals surface area contributed by atoms with E-state index < -0.39 is 0 Å². The van der Waals surface area contributed by atoms with Gasteiger partial charge in [0.05, 0.1) is 6.20 Å². The molecule has 0 spiro atoms. The minimum atomic E-state index is 0.130. The lowest BCUT2D eigenvalue weighted by molar-refractivity contribution is 0.178. The van der Waals surface area contributed by atoms with Crippen LogP contribution < -0.4 is 4.84 Å². The lowest BCUT2D eigenvalue weighted by atomic mass is 10.6. The minimum absolute atomic E-state index is 0.130. The van der Waals surface area contributed by atoms with Gasteiger partial charge in [-0.1, -0.05) is 0 Å². The normalized spacial score (nSPS) is 10.7. The maximum absolute atomic E-state index is 5.74. The van der Waals surface area contributed by atoms with E-state index in [9.17, 15) is 0 Å². The van der Waals surface area contributed by atoms with Gasteiger partial charge in [0.1, 0.15) is 12.6 Å². The Labute approximate surface area is 83.2 Å². The standard InChI is InChI=1S/C6H4Cl2N4O/c1-13-12-3-2-9-5(7)10-4(3)11-6(12)8/h2H,1H3. The highest BCUT2D eigenvalue weighted by atomic mass is 35.5. The predicted molar refractivity (Wildman–Crippen MR) is 47.8 cm³/mol. The SMILES string of the molecule is COn1c(Cl)nc2nc(Cl)ncc21. The van der Waals surface area contributed by atoms with Crippen LogP contribution in [0.1, 0.15) is 0 Å². The molecule has 2 rings (SSSR count). The number of halogens is 2. The van der Waals surface area contributed by atoms with Crippen molar-refractivity contribution in [2.45, 2.75) is 0 Å². The van der Waals surface area contributed by atoms with Crippen LogP contribution >= 0.6 is 23.2 Å². The predicted octanol–water partition coefficient (Wildman–Crippen LogP) is 1.19. The number of aromatic nitrogens is 4. The van der Waals surface area contributed by atoms with Gasteiger partial charge in [-0.2, -0.15) is 9.97 Å². The molecule has 2 heterocycles. The highest BCUT2D eigenvalue weighted by Crippen LogP contribution is 2.16. The van der Waals surface area contributed by atoms with Crippen LogP contribution in [0.5, 0.6) is 0 Å². The van der Waals surface area contributed by atoms with Crippen LogP contribution in [0.25, 0.3) is 11.2 Å². The third-order valence-corrected chi connectivity index (χ3v) is 1.91. The van der Waals surface area contributed by atoms with Gasteiger partial charge >= 0.3 is 0 Å². The van der Waals surface area contributed by atoms with E-state index in [0.717, 1.165) is 0 Å². The van der Waals surface area contributed by atoms with E-state index in [1.165, 1.54) is 18.0 Å². The van der Waals surface area contributed by atoms with E-state index in [-0.39, 0.29) is 10.6 Å². The summed E-state index contributed by atoms with van der Waals surface area (Å²) in [5.41, 5.74) is 0.990. The highest BCUT2D eigenvalue weighted by molar-refractivity contribution is 6.29. The Hall–Kier alpha value is -1.07. The van der Waals surface area contributed by atoms with E-state index in [2.05, 4.69) is 15.0 Å². The van der Waals surface area contributed by atoms with Crippen LogP contribution in [0.2, 0.25) is 10.6 Å². The Kier molecular flexibility index (Phi) is 1.97. The molecule has 2 aromatic rings. The maximum atomic E-state index is 5.74. The summed E-state index contributed by atoms with van der Waals surface area (Å²) in [6, 6.07) is 0. The average molecular weight is 219 g/mol. The Balaban J connectivity index is 2.79. The summed E-state index contributed by atoms with van der Waals surface area (Å²) in [6.45, 7) is 0. The van der Waals surface area contributed by atoms with E-state index in [1.54, 1.807) is 0 Å². The van der Waals surface area contributed by atoms with Crippen molar-refractivity contribution in [1.82, 2.24) is 19.7 Å². The van der Waals surface area contributed by atoms with Gasteiger partial charge in [0, 0.05) is 0 Å². The van der Waals surface area contributed by atoms with Crippen LogP contribution in [-0.4, -0.2) is 26.8 Å². The molecule has 0 aromatic carbocycles. The number of hydrogen-bond acceptors (Lipinski definition) is 4. The first-order chi connectivity index (χ1) is 6.22. The summed E-state index contributed by atoms with van der Waals surface area (Å²) < 4.78 is 1.31. The molecule has 0 N–H and O–H groups in total. The zero-order valence-electron chi connectivity index (χ0n) is 6.53. The molecule has 5 nitrogen and oxygen atoms in total. The lowest BCUT2D eigenvalue weighted by Gasteiger charge is -1.99. The van der Waals surface area contributed by atoms with Gasteiger partial charge in [-0.3, -0.25) is 0 Å². The second-order valence-corrected chi connectivity index (χ2v) is 2.88. The molecule has 2 aromatic heterocycles. The van der Waals surface area contributed by atoms with Gasteiger partial charge in [0.15, 0.2) is 5.65 Å². The van der Waals surface area contributed by atoms with E-state index >= 15 is 0 Å². The minimum Gasteiger partial charge on any atom is -0.414 e. The molecule has 0 atom stereocenters. The van der Waals surface area contributed by atoms with Crippen LogP contribution in [0.3, 0.4) is 0 Å². The van der Waals surface area contributed by atoms with Crippen LogP contribution in [0.4, 0.5) is 0 Å². The molecule has 0 aliphatic rings. The van der Waals surface area contributed by atoms with Gasteiger partial charge in [0.25, 0.3) is 0 Å². The maximum Gasteiger partial charge on any atom is 0.239 e. The molecule has 0 unspecified atom stereocenters. The number of imidazole rings is 1. The Morgan fingerprint density at radius 1 is 1.38 bits per heavy atom. The first-order valence-corrected chi connectivity index (χ1v) is 4.09. The van der Waals surface area contributed by atoms with Gasteiger partial charge in [-0.25, -0.2) is 4.98 Å². The summed E-state index contributed by atoms with van der Waals surface area (Å²) in [4.78, 5) is 16.5. The number of fused-ring (bicyclic) bond motifs is 1. The molecule has 0 fully saturated rings. The Morgan fingerprint density at radius 3 is 2.85 bits per heavy atom. The largest absolute Gasteiger partial charge is 0.414 e. The molecule has 7 heteroatoms. The van der Waals surface area contributed by atoms with Crippen LogP contribution in [0, 0.1) is 0 Å². The zero-order chi connectivity index (χ0) is 9.42. The van der Waals surface area contributed by atoms with Crippen molar-refractivity contribution in [2.24, 2.45) is 0 Å². The summed E-state index contributed by atoms with van der Waals surface area (Å²) >= 11 is 11.3. The number of nitrogens with zero attached hydrogens (tertiary/aromatic N) is 4. The van der Waals surface area contributed by atoms with Gasteiger partial charge in [0.2, 0.25) is 10.6 Å². The second-order valence-electron chi connectivity index (χ2n) is 2.21. The molecular weight excluding hydrogens is 215 g/mol. The molecule has 0 saturated carbocycles. The third-order valence-electron chi connectivity index (χ3n) is 1.49. The molecule has 0 radical (unpaired) electrons. The topological polar surface area (TPSA) is 52.8 Å². The van der Waals surface area contributed by atoms with E-state index in [0.29, 0.717) is 11.2 Å². The van der Waals surface area contributed by atoms with E-state index in [4.69, 9.17) is 28.0 Å². The second kappa shape index (κ2) is 3.01. The highest BCUT2D eigenvalue weighted by Gasteiger charge is 2.10. The fraction of sp³-hybridized carbons (Fsp3) is 0.167. The summed E-state index contributed by atoms with van der Waals surface area (Å²) in [7, 11) is 1.47. The monoisotopic (exact) mass is 218 g/mol. The summed E-state index contributed by atoms with van der Waals surface area (Å²) in [5, 5.41) is 0.319. The molecule has 0 bridgehead atoms. The number of hydrogen-bond donors (Lipinski definition) is 0. The summed E-state index contributed by atoms with van der Waals surface area (Å²) in [6.07, 6.45) is 1.49. The van der Waals surface area contributed by atoms with Crippen molar-refractivity contribution < 1.29 is 4.84 Å². The van der Waals surface area contributed by atoms with Crippen LogP contribution in [0.15, 0.2) is 6.20 Å². The zero-order valence-corrected chi connectivity index (χ0v) is 8.04. The lowest BCUT2D eigenvalue weighted by Crippen LogP contribution is -2.05. The Bertz CT molecular complexity index is 455. The van der Waals surface area contributed by atoms with Crippen molar-refractivity contribution in [2.75, 3.05) is 7.11 Å². The Morgan fingerprint density at radius 2 is 2.15 bits per heavy atom. The summed E-state index contributed by atoms with van der Waals surface area (Å²) in [5.74, 6) is 0. The molecule has 68 valence electrons. The molecule has 0 aliphatic heterocycles. The first kappa shape index (κ1) is 8.52. The average Bonchev–Trinajstić information content (AvgIpc) is 2.39. The fourth-order valence-corrected chi connectivity index (χ4v) is 1.35. The third kappa shape index (κ3) is 1.30. The number of rotatable bonds is 1. The van der Waals surface area contributed by atoms with Crippen molar-refractivity contribution in [3.8, 4) is 0 Å². The van der Waals surface area contributed by atoms with Crippen LogP contribution in [-0.2, 0) is 0 Å². The van der Waals surface area contributed by atoms with Gasteiger partial charge in [-0.15, -0.1) is 4.73 Å². The molecular formula is C6H4Cl2N4O. The smallest absolute Gasteiger partial charge is 0.239 e. The molecule has 0 saturated heterocycles. The van der Waals surface area contributed by atoms with E-state index in [1.807, 2.05) is 0 Å². The fourth-order valence-electron chi connectivity index (χ4n) is 0.977.